The third-order valence-corrected chi connectivity index (χ3v) is 9.02. The summed E-state index contributed by atoms with van der Waals surface area (Å²) in [5.41, 5.74) is 1.09. The van der Waals surface area contributed by atoms with Gasteiger partial charge >= 0.3 is 35.8 Å². The van der Waals surface area contributed by atoms with E-state index in [1.165, 1.54) is 79.9 Å². The molecule has 1 atom stereocenters. The molecule has 3 aromatic rings. The Bertz CT molecular complexity index is 1740. The first-order chi connectivity index (χ1) is 27.6. The van der Waals surface area contributed by atoms with Gasteiger partial charge in [-0.1, -0.05) is 13.3 Å². The lowest BCUT2D eigenvalue weighted by atomic mass is 9.74. The molecule has 0 saturated carbocycles. The number of benzene rings is 3. The number of methoxy groups -OCH3 is 1. The van der Waals surface area contributed by atoms with E-state index < -0.39 is 35.8 Å². The lowest BCUT2D eigenvalue weighted by molar-refractivity contribution is 0.0343. The van der Waals surface area contributed by atoms with Crippen molar-refractivity contribution in [2.45, 2.75) is 45.4 Å². The number of aliphatic hydroxyl groups excluding tert-OH is 2. The van der Waals surface area contributed by atoms with Gasteiger partial charge < -0.3 is 43.4 Å². The van der Waals surface area contributed by atoms with Crippen LogP contribution in [0, 0.1) is 5.41 Å². The standard InChI is InChI=1S/C42H50O15/c1-3-42(20-25-54-38(47)32-10-14-34(15-11-32)40(49)56-27-22-44,18-4-23-52-36(45)30-6-12-33(13-7-30)39(48)55-26-21-43)19-5-24-53-37(46)31-8-16-35(17-9-31)41(50)57-29-28-51-2/h6-17,43-44H,3-5,18-29H2,1-2H3. The number of hydrogen-bond acceptors (Lipinski definition) is 15. The minimum absolute atomic E-state index is 0.0693. The maximum atomic E-state index is 12.9. The maximum absolute atomic E-state index is 12.9. The third kappa shape index (κ3) is 15.4. The summed E-state index contributed by atoms with van der Waals surface area (Å²) in [7, 11) is 1.50. The highest BCUT2D eigenvalue weighted by molar-refractivity contribution is 5.95. The van der Waals surface area contributed by atoms with E-state index in [-0.39, 0.29) is 98.3 Å². The zero-order valence-electron chi connectivity index (χ0n) is 32.2. The van der Waals surface area contributed by atoms with E-state index in [1.54, 1.807) is 0 Å². The Morgan fingerprint density at radius 3 is 0.982 bits per heavy atom. The molecule has 0 fully saturated rings. The summed E-state index contributed by atoms with van der Waals surface area (Å²) in [5, 5.41) is 17.7. The van der Waals surface area contributed by atoms with Crippen LogP contribution in [0.5, 0.6) is 0 Å². The first-order valence-electron chi connectivity index (χ1n) is 18.6. The Balaban J connectivity index is 1.58. The summed E-state index contributed by atoms with van der Waals surface area (Å²) in [6.07, 6.45) is 3.27. The molecule has 3 rings (SSSR count). The van der Waals surface area contributed by atoms with Crippen molar-refractivity contribution in [1.29, 1.82) is 0 Å². The van der Waals surface area contributed by atoms with Crippen molar-refractivity contribution in [1.82, 2.24) is 0 Å². The van der Waals surface area contributed by atoms with E-state index in [4.69, 9.17) is 43.4 Å². The second-order valence-electron chi connectivity index (χ2n) is 12.8. The molecule has 0 amide bonds. The van der Waals surface area contributed by atoms with Crippen molar-refractivity contribution in [2.75, 3.05) is 66.6 Å². The van der Waals surface area contributed by atoms with E-state index in [0.29, 0.717) is 38.5 Å². The number of rotatable bonds is 25. The van der Waals surface area contributed by atoms with Crippen LogP contribution in [0.4, 0.5) is 0 Å². The molecule has 0 aromatic heterocycles. The number of aliphatic hydroxyl groups is 2. The summed E-state index contributed by atoms with van der Waals surface area (Å²) >= 11 is 0. The molecular formula is C42H50O15. The fourth-order valence-corrected chi connectivity index (χ4v) is 5.71. The molecule has 0 aliphatic heterocycles. The van der Waals surface area contributed by atoms with Gasteiger partial charge in [-0.3, -0.25) is 0 Å². The van der Waals surface area contributed by atoms with Crippen LogP contribution in [0.3, 0.4) is 0 Å². The van der Waals surface area contributed by atoms with E-state index in [0.717, 1.165) is 0 Å². The molecule has 57 heavy (non-hydrogen) atoms. The molecule has 0 spiro atoms. The Labute approximate surface area is 331 Å². The minimum atomic E-state index is -0.628. The highest BCUT2D eigenvalue weighted by Crippen LogP contribution is 2.37. The van der Waals surface area contributed by atoms with Gasteiger partial charge in [-0.25, -0.2) is 28.8 Å². The molecule has 15 heteroatoms. The Hall–Kier alpha value is -5.64. The molecule has 0 heterocycles. The van der Waals surface area contributed by atoms with E-state index >= 15 is 0 Å². The van der Waals surface area contributed by atoms with Gasteiger partial charge in [-0.05, 0) is 110 Å². The summed E-state index contributed by atoms with van der Waals surface area (Å²) in [6, 6.07) is 17.5. The van der Waals surface area contributed by atoms with Gasteiger partial charge in [-0.15, -0.1) is 0 Å². The van der Waals surface area contributed by atoms with Crippen LogP contribution in [-0.2, 0) is 33.2 Å². The van der Waals surface area contributed by atoms with E-state index in [2.05, 4.69) is 0 Å². The topological polar surface area (TPSA) is 207 Å². The minimum Gasteiger partial charge on any atom is -0.462 e. The fraction of sp³-hybridized carbons (Fsp3) is 0.429. The summed E-state index contributed by atoms with van der Waals surface area (Å²) in [6.45, 7) is 1.76. The van der Waals surface area contributed by atoms with Crippen LogP contribution >= 0.6 is 0 Å². The molecule has 0 saturated heterocycles. The molecule has 0 aliphatic carbocycles. The number of carbonyl (C=O) groups is 6. The molecular weight excluding hydrogens is 744 g/mol. The van der Waals surface area contributed by atoms with Crippen molar-refractivity contribution in [3.63, 3.8) is 0 Å². The van der Waals surface area contributed by atoms with Crippen molar-refractivity contribution in [3.8, 4) is 0 Å². The van der Waals surface area contributed by atoms with Gasteiger partial charge in [0.25, 0.3) is 0 Å². The molecule has 308 valence electrons. The van der Waals surface area contributed by atoms with Crippen LogP contribution in [0.15, 0.2) is 72.8 Å². The zero-order valence-corrected chi connectivity index (χ0v) is 32.2. The van der Waals surface area contributed by atoms with E-state index in [9.17, 15) is 28.8 Å². The van der Waals surface area contributed by atoms with Crippen molar-refractivity contribution in [2.24, 2.45) is 5.41 Å². The summed E-state index contributed by atoms with van der Waals surface area (Å²) < 4.78 is 36.4. The SMILES string of the molecule is CCC(CCCOC(=O)c1ccc(C(=O)OCCO)cc1)(CCCOC(=O)c1ccc(C(=O)OCCOC)cc1)CCOC(=O)c1ccc(C(=O)OCCO)cc1. The van der Waals surface area contributed by atoms with Gasteiger partial charge in [-0.2, -0.15) is 0 Å². The van der Waals surface area contributed by atoms with Gasteiger partial charge in [0.1, 0.15) is 19.8 Å². The Morgan fingerprint density at radius 1 is 0.421 bits per heavy atom. The fourth-order valence-electron chi connectivity index (χ4n) is 5.71. The molecule has 3 aromatic carbocycles. The van der Waals surface area contributed by atoms with E-state index in [1.807, 2.05) is 6.92 Å². The van der Waals surface area contributed by atoms with Crippen molar-refractivity contribution >= 4 is 35.8 Å². The lowest BCUT2D eigenvalue weighted by Crippen LogP contribution is -2.25. The van der Waals surface area contributed by atoms with Crippen molar-refractivity contribution in [3.05, 3.63) is 106 Å². The van der Waals surface area contributed by atoms with Gasteiger partial charge in [0.2, 0.25) is 0 Å². The van der Waals surface area contributed by atoms with Gasteiger partial charge in [0, 0.05) is 7.11 Å². The first kappa shape index (κ1) is 45.7. The highest BCUT2D eigenvalue weighted by Gasteiger charge is 2.28. The molecule has 0 radical (unpaired) electrons. The van der Waals surface area contributed by atoms with Crippen LogP contribution < -0.4 is 0 Å². The quantitative estimate of drug-likeness (QED) is 0.0657. The molecule has 0 bridgehead atoms. The van der Waals surface area contributed by atoms with Crippen molar-refractivity contribution < 1.29 is 72.1 Å². The lowest BCUT2D eigenvalue weighted by Gasteiger charge is -2.33. The molecule has 0 aliphatic rings. The summed E-state index contributed by atoms with van der Waals surface area (Å²) in [4.78, 5) is 74.5. The van der Waals surface area contributed by atoms with Gasteiger partial charge in [0.15, 0.2) is 0 Å². The number of ether oxygens (including phenoxy) is 7. The first-order valence-corrected chi connectivity index (χ1v) is 18.6. The average Bonchev–Trinajstić information content (AvgIpc) is 3.24. The monoisotopic (exact) mass is 794 g/mol. The molecule has 15 nitrogen and oxygen atoms in total. The molecule has 2 N–H and O–H groups in total. The van der Waals surface area contributed by atoms with Crippen LogP contribution in [0.1, 0.15) is 108 Å². The number of hydrogen-bond donors (Lipinski definition) is 2. The maximum Gasteiger partial charge on any atom is 0.338 e. The van der Waals surface area contributed by atoms with Crippen LogP contribution in [0.25, 0.3) is 0 Å². The Kier molecular flexibility index (Phi) is 19.9. The predicted octanol–water partition coefficient (Wildman–Crippen LogP) is 5.01. The predicted molar refractivity (Wildman–Crippen MR) is 203 cm³/mol. The van der Waals surface area contributed by atoms with Gasteiger partial charge in [0.05, 0.1) is 73.0 Å². The molecule has 1 unspecified atom stereocenters. The van der Waals surface area contributed by atoms with Crippen LogP contribution in [-0.4, -0.2) is 113 Å². The zero-order chi connectivity index (χ0) is 41.5. The normalized spacial score (nSPS) is 11.8. The van der Waals surface area contributed by atoms with Crippen LogP contribution in [0.2, 0.25) is 0 Å². The third-order valence-electron chi connectivity index (χ3n) is 9.02. The average molecular weight is 795 g/mol. The highest BCUT2D eigenvalue weighted by atomic mass is 16.6. The smallest absolute Gasteiger partial charge is 0.338 e. The summed E-state index contributed by atoms with van der Waals surface area (Å²) in [5.74, 6) is -3.50. The Morgan fingerprint density at radius 2 is 0.702 bits per heavy atom. The second kappa shape index (κ2) is 24.8. The largest absolute Gasteiger partial charge is 0.462 e. The second-order valence-corrected chi connectivity index (χ2v) is 12.8. The number of carbonyl (C=O) groups excluding carboxylic acids is 6. The number of esters is 6.